The first-order valence-electron chi connectivity index (χ1n) is 7.47. The number of carbonyl (C=O) groups is 2. The van der Waals surface area contributed by atoms with Crippen molar-refractivity contribution in [1.82, 2.24) is 16.2 Å². The summed E-state index contributed by atoms with van der Waals surface area (Å²) in [6.45, 7) is 0. The van der Waals surface area contributed by atoms with Gasteiger partial charge in [-0.1, -0.05) is 24.3 Å². The van der Waals surface area contributed by atoms with Gasteiger partial charge in [0.25, 0.3) is 5.91 Å². The number of hydrazine groups is 1. The summed E-state index contributed by atoms with van der Waals surface area (Å²) in [5, 5.41) is 2.42. The molecule has 3 N–H and O–H groups in total. The van der Waals surface area contributed by atoms with Crippen molar-refractivity contribution in [3.05, 3.63) is 70.2 Å². The van der Waals surface area contributed by atoms with E-state index in [4.69, 9.17) is 17.0 Å². The van der Waals surface area contributed by atoms with Crippen LogP contribution in [-0.2, 0) is 4.79 Å². The molecule has 134 valence electrons. The second kappa shape index (κ2) is 9.69. The molecular weight excluding hydrogens is 418 g/mol. The lowest BCUT2D eigenvalue weighted by atomic mass is 10.2. The van der Waals surface area contributed by atoms with Crippen LogP contribution in [0, 0.1) is 0 Å². The maximum Gasteiger partial charge on any atom is 0.270 e. The molecule has 6 nitrogen and oxygen atoms in total. The average Bonchev–Trinajstić information content (AvgIpc) is 2.65. The van der Waals surface area contributed by atoms with Crippen LogP contribution in [0.2, 0.25) is 0 Å². The van der Waals surface area contributed by atoms with E-state index in [-0.39, 0.29) is 11.0 Å². The molecule has 0 aliphatic heterocycles. The summed E-state index contributed by atoms with van der Waals surface area (Å²) in [4.78, 5) is 23.9. The van der Waals surface area contributed by atoms with E-state index in [1.807, 2.05) is 12.1 Å². The van der Waals surface area contributed by atoms with Gasteiger partial charge in [-0.3, -0.25) is 25.8 Å². The Bertz CT molecular complexity index is 838. The Hall–Kier alpha value is -2.71. The smallest absolute Gasteiger partial charge is 0.270 e. The van der Waals surface area contributed by atoms with Gasteiger partial charge in [-0.2, -0.15) is 0 Å². The average molecular weight is 434 g/mol. The Balaban J connectivity index is 1.81. The van der Waals surface area contributed by atoms with E-state index in [2.05, 4.69) is 32.1 Å². The van der Waals surface area contributed by atoms with Crippen molar-refractivity contribution in [2.75, 3.05) is 7.11 Å². The molecule has 0 aliphatic rings. The summed E-state index contributed by atoms with van der Waals surface area (Å²) in [6, 6.07) is 14.2. The van der Waals surface area contributed by atoms with Crippen molar-refractivity contribution in [2.24, 2.45) is 0 Å². The number of carbonyl (C=O) groups excluding carboxylic acids is 2. The summed E-state index contributed by atoms with van der Waals surface area (Å²) in [5.41, 5.74) is 6.17. The minimum absolute atomic E-state index is 0.0187. The van der Waals surface area contributed by atoms with Crippen molar-refractivity contribution in [3.8, 4) is 5.75 Å². The summed E-state index contributed by atoms with van der Waals surface area (Å²) in [6.07, 6.45) is 2.97. The minimum atomic E-state index is -0.423. The molecule has 0 aromatic heterocycles. The van der Waals surface area contributed by atoms with Gasteiger partial charge in [0.2, 0.25) is 5.91 Å². The molecule has 0 radical (unpaired) electrons. The standard InChI is InChI=1S/C18H16BrN3O3S/c1-25-13-9-6-12(7-10-13)8-11-16(23)20-18(26)22-21-17(24)14-4-2-3-5-15(14)19/h2-11H,1H3,(H,21,24)(H2,20,22,23,26)/b11-8+. The summed E-state index contributed by atoms with van der Waals surface area (Å²) < 4.78 is 5.72. The van der Waals surface area contributed by atoms with Crippen LogP contribution in [0.15, 0.2) is 59.1 Å². The Morgan fingerprint density at radius 2 is 1.77 bits per heavy atom. The summed E-state index contributed by atoms with van der Waals surface area (Å²) in [5.74, 6) is -0.0749. The normalized spacial score (nSPS) is 10.2. The number of rotatable bonds is 4. The highest BCUT2D eigenvalue weighted by molar-refractivity contribution is 9.10. The Morgan fingerprint density at radius 1 is 1.08 bits per heavy atom. The van der Waals surface area contributed by atoms with Gasteiger partial charge in [0.15, 0.2) is 5.11 Å². The SMILES string of the molecule is COc1ccc(/C=C/C(=O)NC(=S)NNC(=O)c2ccccc2Br)cc1. The zero-order valence-electron chi connectivity index (χ0n) is 13.8. The first-order valence-corrected chi connectivity index (χ1v) is 8.67. The molecule has 0 bridgehead atoms. The second-order valence-corrected chi connectivity index (χ2v) is 6.25. The van der Waals surface area contributed by atoms with E-state index in [0.29, 0.717) is 10.0 Å². The quantitative estimate of drug-likeness (QED) is 0.392. The third-order valence-electron chi connectivity index (χ3n) is 3.19. The maximum atomic E-state index is 12.0. The van der Waals surface area contributed by atoms with Crippen LogP contribution in [0.4, 0.5) is 0 Å². The highest BCUT2D eigenvalue weighted by Gasteiger charge is 2.09. The molecule has 2 aromatic carbocycles. The lowest BCUT2D eigenvalue weighted by Gasteiger charge is -2.10. The fourth-order valence-electron chi connectivity index (χ4n) is 1.90. The second-order valence-electron chi connectivity index (χ2n) is 4.98. The summed E-state index contributed by atoms with van der Waals surface area (Å²) >= 11 is 8.26. The molecule has 0 heterocycles. The summed E-state index contributed by atoms with van der Waals surface area (Å²) in [7, 11) is 1.58. The van der Waals surface area contributed by atoms with Crippen LogP contribution in [0.3, 0.4) is 0 Å². The van der Waals surface area contributed by atoms with Gasteiger partial charge < -0.3 is 4.74 Å². The van der Waals surface area contributed by atoms with E-state index in [0.717, 1.165) is 11.3 Å². The minimum Gasteiger partial charge on any atom is -0.497 e. The molecule has 0 atom stereocenters. The topological polar surface area (TPSA) is 79.5 Å². The van der Waals surface area contributed by atoms with Crippen molar-refractivity contribution in [1.29, 1.82) is 0 Å². The van der Waals surface area contributed by atoms with Crippen molar-refractivity contribution >= 4 is 51.2 Å². The highest BCUT2D eigenvalue weighted by atomic mass is 79.9. The van der Waals surface area contributed by atoms with Gasteiger partial charge in [-0.15, -0.1) is 0 Å². The molecule has 0 spiro atoms. The van der Waals surface area contributed by atoms with E-state index >= 15 is 0 Å². The molecule has 0 saturated carbocycles. The Morgan fingerprint density at radius 3 is 2.42 bits per heavy atom. The molecule has 2 aromatic rings. The van der Waals surface area contributed by atoms with Crippen LogP contribution >= 0.6 is 28.1 Å². The number of thiocarbonyl (C=S) groups is 1. The van der Waals surface area contributed by atoms with Gasteiger partial charge in [0, 0.05) is 10.5 Å². The molecule has 0 aliphatic carbocycles. The largest absolute Gasteiger partial charge is 0.497 e. The number of methoxy groups -OCH3 is 1. The first-order chi connectivity index (χ1) is 12.5. The van der Waals surface area contributed by atoms with Gasteiger partial charge in [-0.25, -0.2) is 0 Å². The third kappa shape index (κ3) is 5.98. The van der Waals surface area contributed by atoms with E-state index < -0.39 is 5.91 Å². The zero-order valence-corrected chi connectivity index (χ0v) is 16.2. The molecule has 26 heavy (non-hydrogen) atoms. The molecular formula is C18H16BrN3O3S. The molecule has 8 heteroatoms. The predicted molar refractivity (Wildman–Crippen MR) is 108 cm³/mol. The Kier molecular flexibility index (Phi) is 7.31. The zero-order chi connectivity index (χ0) is 18.9. The van der Waals surface area contributed by atoms with Crippen molar-refractivity contribution in [3.63, 3.8) is 0 Å². The van der Waals surface area contributed by atoms with Crippen LogP contribution in [-0.4, -0.2) is 24.0 Å². The van der Waals surface area contributed by atoms with Crippen molar-refractivity contribution < 1.29 is 14.3 Å². The Labute approximate surface area is 164 Å². The number of nitrogens with one attached hydrogen (secondary N) is 3. The maximum absolute atomic E-state index is 12.0. The van der Waals surface area contributed by atoms with Gasteiger partial charge in [0.1, 0.15) is 5.75 Å². The fraction of sp³-hybridized carbons (Fsp3) is 0.0556. The van der Waals surface area contributed by atoms with Gasteiger partial charge in [0.05, 0.1) is 12.7 Å². The van der Waals surface area contributed by atoms with Gasteiger partial charge >= 0.3 is 0 Å². The number of hydrogen-bond acceptors (Lipinski definition) is 4. The van der Waals surface area contributed by atoms with E-state index in [9.17, 15) is 9.59 Å². The molecule has 0 fully saturated rings. The predicted octanol–water partition coefficient (Wildman–Crippen LogP) is 2.81. The first kappa shape index (κ1) is 19.6. The van der Waals surface area contributed by atoms with Crippen LogP contribution in [0.25, 0.3) is 6.08 Å². The third-order valence-corrected chi connectivity index (χ3v) is 4.08. The van der Waals surface area contributed by atoms with Crippen LogP contribution in [0.1, 0.15) is 15.9 Å². The number of hydrogen-bond donors (Lipinski definition) is 3. The number of amides is 2. The van der Waals surface area contributed by atoms with E-state index in [1.165, 1.54) is 6.08 Å². The molecule has 2 rings (SSSR count). The molecule has 0 saturated heterocycles. The number of halogens is 1. The lowest BCUT2D eigenvalue weighted by Crippen LogP contribution is -2.48. The number of benzene rings is 2. The van der Waals surface area contributed by atoms with E-state index in [1.54, 1.807) is 49.6 Å². The van der Waals surface area contributed by atoms with Crippen LogP contribution in [0.5, 0.6) is 5.75 Å². The van der Waals surface area contributed by atoms with Gasteiger partial charge in [-0.05, 0) is 64.1 Å². The lowest BCUT2D eigenvalue weighted by molar-refractivity contribution is -0.115. The van der Waals surface area contributed by atoms with Crippen LogP contribution < -0.4 is 20.9 Å². The monoisotopic (exact) mass is 433 g/mol. The fourth-order valence-corrected chi connectivity index (χ4v) is 2.51. The number of ether oxygens (including phenoxy) is 1. The molecule has 0 unspecified atom stereocenters. The highest BCUT2D eigenvalue weighted by Crippen LogP contribution is 2.15. The molecule has 2 amide bonds. The van der Waals surface area contributed by atoms with Crippen molar-refractivity contribution in [2.45, 2.75) is 0 Å².